The molecule has 0 aliphatic heterocycles. The Bertz CT molecular complexity index is 2910. The zero-order valence-corrected chi connectivity index (χ0v) is 31.2. The maximum Gasteiger partial charge on any atom is 0.167 e. The minimum atomic E-state index is -1.38. The molecule has 0 saturated heterocycles. The third-order valence-electron chi connectivity index (χ3n) is 10.3. The van der Waals surface area contributed by atoms with Crippen molar-refractivity contribution in [3.8, 4) is 56.4 Å². The van der Waals surface area contributed by atoms with Crippen LogP contribution in [-0.2, 0) is 0 Å². The molecule has 5 nitrogen and oxygen atoms in total. The van der Waals surface area contributed by atoms with E-state index in [1.54, 1.807) is 0 Å². The van der Waals surface area contributed by atoms with E-state index in [4.69, 9.17) is 23.8 Å². The molecule has 0 atom stereocenters. The maximum absolute atomic E-state index is 6.47. The number of benzene rings is 7. The fourth-order valence-corrected chi connectivity index (χ4v) is 8.64. The third-order valence-corrected chi connectivity index (χ3v) is 12.4. The second-order valence-electron chi connectivity index (χ2n) is 14.9. The van der Waals surface area contributed by atoms with Crippen LogP contribution in [0.15, 0.2) is 167 Å². The summed E-state index contributed by atoms with van der Waals surface area (Å²) in [7, 11) is -1.38. The summed E-state index contributed by atoms with van der Waals surface area (Å²) in [5.41, 5.74) is 10.2. The van der Waals surface area contributed by atoms with Crippen LogP contribution < -0.4 is 5.19 Å². The largest absolute Gasteiger partial charge is 0.455 e. The predicted molar refractivity (Wildman–Crippen MR) is 225 cm³/mol. The molecule has 0 saturated carbocycles. The van der Waals surface area contributed by atoms with E-state index >= 15 is 0 Å². The van der Waals surface area contributed by atoms with Crippen LogP contribution in [0.3, 0.4) is 0 Å². The first-order chi connectivity index (χ1) is 26.4. The summed E-state index contributed by atoms with van der Waals surface area (Å²) >= 11 is 0. The van der Waals surface area contributed by atoms with Gasteiger partial charge in [-0.25, -0.2) is 15.0 Å². The van der Waals surface area contributed by atoms with Crippen LogP contribution in [0.1, 0.15) is 0 Å². The molecule has 0 spiro atoms. The predicted octanol–water partition coefficient (Wildman–Crippen LogP) is 12.6. The van der Waals surface area contributed by atoms with Crippen LogP contribution in [0.25, 0.3) is 100 Å². The molecular weight excluding hydrogens is 679 g/mol. The lowest BCUT2D eigenvalue weighted by molar-refractivity contribution is 0.669. The molecule has 0 fully saturated rings. The molecule has 6 heteroatoms. The zero-order valence-electron chi connectivity index (χ0n) is 30.2. The van der Waals surface area contributed by atoms with Crippen LogP contribution in [0.2, 0.25) is 19.6 Å². The lowest BCUT2D eigenvalue weighted by Gasteiger charge is -2.17. The van der Waals surface area contributed by atoms with Crippen LogP contribution in [-0.4, -0.2) is 23.0 Å². The molecule has 54 heavy (non-hydrogen) atoms. The number of para-hydroxylation sites is 4. The Balaban J connectivity index is 1.14. The molecule has 0 radical (unpaired) electrons. The van der Waals surface area contributed by atoms with Gasteiger partial charge in [0, 0.05) is 27.1 Å². The molecule has 0 aliphatic carbocycles. The monoisotopic (exact) mass is 713 g/mol. The van der Waals surface area contributed by atoms with Gasteiger partial charge in [-0.2, -0.15) is 0 Å². The molecule has 0 amide bonds. The highest BCUT2D eigenvalue weighted by molar-refractivity contribution is 6.88. The van der Waals surface area contributed by atoms with E-state index in [0.29, 0.717) is 17.5 Å². The number of aromatic nitrogens is 3. The Morgan fingerprint density at radius 2 is 0.796 bits per heavy atom. The molecule has 0 unspecified atom stereocenters. The summed E-state index contributed by atoms with van der Waals surface area (Å²) in [6.45, 7) is 7.14. The van der Waals surface area contributed by atoms with Crippen molar-refractivity contribution in [2.24, 2.45) is 0 Å². The number of hydrogen-bond donors (Lipinski definition) is 0. The maximum atomic E-state index is 6.47. The number of furan rings is 2. The fraction of sp³-hybridized carbons (Fsp3) is 0.0625. The van der Waals surface area contributed by atoms with Gasteiger partial charge in [0.05, 0.1) is 19.2 Å². The van der Waals surface area contributed by atoms with Gasteiger partial charge in [-0.15, -0.1) is 0 Å². The summed E-state index contributed by atoms with van der Waals surface area (Å²) in [4.78, 5) is 15.5. The van der Waals surface area contributed by atoms with Gasteiger partial charge in [0.15, 0.2) is 17.5 Å². The van der Waals surface area contributed by atoms with Gasteiger partial charge in [0.25, 0.3) is 0 Å². The van der Waals surface area contributed by atoms with Gasteiger partial charge in [0.2, 0.25) is 0 Å². The average Bonchev–Trinajstić information content (AvgIpc) is 3.79. The molecular formula is C48H35N3O2Si. The summed E-state index contributed by atoms with van der Waals surface area (Å²) in [6, 6.07) is 54.8. The van der Waals surface area contributed by atoms with Crippen molar-refractivity contribution in [3.63, 3.8) is 0 Å². The highest BCUT2D eigenvalue weighted by Crippen LogP contribution is 2.39. The first-order valence-electron chi connectivity index (χ1n) is 18.3. The van der Waals surface area contributed by atoms with Crippen LogP contribution >= 0.6 is 0 Å². The van der Waals surface area contributed by atoms with Crippen molar-refractivity contribution < 1.29 is 8.83 Å². The average molecular weight is 714 g/mol. The SMILES string of the molecule is C[Si](C)(C)c1ccc(-c2cccc(-c3cccc(-c4nc(-c5cccc6c5oc5ccccc56)nc(-c5cccc6c5oc5ccccc56)n4)c3)c2)cc1. The molecule has 0 aliphatic rings. The lowest BCUT2D eigenvalue weighted by atomic mass is 9.98. The van der Waals surface area contributed by atoms with Crippen LogP contribution in [0.5, 0.6) is 0 Å². The van der Waals surface area contributed by atoms with E-state index in [9.17, 15) is 0 Å². The van der Waals surface area contributed by atoms with E-state index in [1.165, 1.54) is 16.3 Å². The molecule has 0 bridgehead atoms. The van der Waals surface area contributed by atoms with Gasteiger partial charge < -0.3 is 8.83 Å². The van der Waals surface area contributed by atoms with Gasteiger partial charge in [-0.1, -0.05) is 146 Å². The van der Waals surface area contributed by atoms with E-state index in [-0.39, 0.29) is 0 Å². The molecule has 7 aromatic carbocycles. The summed E-state index contributed by atoms with van der Waals surface area (Å²) in [6.07, 6.45) is 0. The van der Waals surface area contributed by atoms with Crippen molar-refractivity contribution in [2.75, 3.05) is 0 Å². The van der Waals surface area contributed by atoms with Crippen molar-refractivity contribution in [1.29, 1.82) is 0 Å². The smallest absolute Gasteiger partial charge is 0.167 e. The molecule has 10 rings (SSSR count). The van der Waals surface area contributed by atoms with Gasteiger partial charge in [-0.05, 0) is 58.7 Å². The van der Waals surface area contributed by atoms with E-state index in [2.05, 4.69) is 117 Å². The van der Waals surface area contributed by atoms with Crippen LogP contribution in [0, 0.1) is 0 Å². The lowest BCUT2D eigenvalue weighted by Crippen LogP contribution is -2.37. The zero-order chi connectivity index (χ0) is 36.4. The summed E-state index contributed by atoms with van der Waals surface area (Å²) in [5, 5.41) is 5.60. The minimum absolute atomic E-state index is 0.530. The highest BCUT2D eigenvalue weighted by atomic mass is 28.3. The van der Waals surface area contributed by atoms with Crippen molar-refractivity contribution >= 4 is 57.1 Å². The minimum Gasteiger partial charge on any atom is -0.455 e. The van der Waals surface area contributed by atoms with E-state index < -0.39 is 8.07 Å². The molecule has 258 valence electrons. The third kappa shape index (κ3) is 5.50. The van der Waals surface area contributed by atoms with Crippen molar-refractivity contribution in [1.82, 2.24) is 15.0 Å². The number of hydrogen-bond acceptors (Lipinski definition) is 5. The number of fused-ring (bicyclic) bond motifs is 6. The molecule has 3 heterocycles. The fourth-order valence-electron chi connectivity index (χ4n) is 7.47. The Morgan fingerprint density at radius 3 is 1.33 bits per heavy atom. The topological polar surface area (TPSA) is 65.0 Å². The highest BCUT2D eigenvalue weighted by Gasteiger charge is 2.21. The second-order valence-corrected chi connectivity index (χ2v) is 19.9. The Kier molecular flexibility index (Phi) is 7.42. The first-order valence-corrected chi connectivity index (χ1v) is 21.8. The second kappa shape index (κ2) is 12.5. The van der Waals surface area contributed by atoms with Gasteiger partial charge in [-0.3, -0.25) is 0 Å². The van der Waals surface area contributed by atoms with E-state index in [0.717, 1.165) is 71.7 Å². The summed E-state index contributed by atoms with van der Waals surface area (Å²) in [5.74, 6) is 1.63. The van der Waals surface area contributed by atoms with Crippen molar-refractivity contribution in [3.05, 3.63) is 158 Å². The van der Waals surface area contributed by atoms with Crippen LogP contribution in [0.4, 0.5) is 0 Å². The molecule has 10 aromatic rings. The standard InChI is InChI=1S/C48H35N3O2Si/c1-54(2,3)35-26-24-30(25-27-35)31-12-8-13-32(28-31)33-14-9-15-34(29-33)46-49-47(40-20-10-18-38-36-16-4-6-22-42(36)52-44(38)40)51-48(50-46)41-21-11-19-39-37-17-5-7-23-43(37)53-45(39)41/h4-29H,1-3H3. The molecule has 3 aromatic heterocycles. The summed E-state index contributed by atoms with van der Waals surface area (Å²) < 4.78 is 12.9. The Morgan fingerprint density at radius 1 is 0.370 bits per heavy atom. The van der Waals surface area contributed by atoms with Gasteiger partial charge >= 0.3 is 0 Å². The molecule has 0 N–H and O–H groups in total. The first kappa shape index (κ1) is 32.1. The number of rotatable bonds is 6. The normalized spacial score (nSPS) is 12.0. The Labute approximate surface area is 313 Å². The Hall–Kier alpha value is -6.63. The number of nitrogens with zero attached hydrogens (tertiary/aromatic N) is 3. The van der Waals surface area contributed by atoms with Gasteiger partial charge in [0.1, 0.15) is 22.3 Å². The quantitative estimate of drug-likeness (QED) is 0.161. The van der Waals surface area contributed by atoms with Crippen molar-refractivity contribution in [2.45, 2.75) is 19.6 Å². The van der Waals surface area contributed by atoms with E-state index in [1.807, 2.05) is 60.7 Å².